The molecule has 1 aliphatic carbocycles. The van der Waals surface area contributed by atoms with Gasteiger partial charge in [-0.05, 0) is 80.1 Å². The molecule has 0 atom stereocenters. The second-order valence-electron chi connectivity index (χ2n) is 7.56. The minimum atomic E-state index is -0.318. The monoisotopic (exact) mass is 395 g/mol. The summed E-state index contributed by atoms with van der Waals surface area (Å²) in [5, 5.41) is 8.66. The zero-order valence-corrected chi connectivity index (χ0v) is 16.5. The van der Waals surface area contributed by atoms with Gasteiger partial charge in [0.25, 0.3) is 5.91 Å². The fourth-order valence-corrected chi connectivity index (χ4v) is 3.56. The molecule has 0 heterocycles. The number of anilines is 2. The van der Waals surface area contributed by atoms with Crippen molar-refractivity contribution in [2.24, 2.45) is 11.7 Å². The van der Waals surface area contributed by atoms with Gasteiger partial charge in [-0.25, -0.2) is 4.79 Å². The van der Waals surface area contributed by atoms with Crippen LogP contribution < -0.4 is 27.4 Å². The van der Waals surface area contributed by atoms with Crippen LogP contribution in [-0.2, 0) is 6.54 Å². The molecule has 7 N–H and O–H groups in total. The van der Waals surface area contributed by atoms with Crippen molar-refractivity contribution in [2.45, 2.75) is 38.3 Å². The highest BCUT2D eigenvalue weighted by Crippen LogP contribution is 2.23. The Morgan fingerprint density at radius 2 is 1.72 bits per heavy atom. The molecule has 7 nitrogen and oxygen atoms in total. The van der Waals surface area contributed by atoms with Gasteiger partial charge in [-0.1, -0.05) is 12.1 Å². The molecular weight excluding hydrogens is 366 g/mol. The summed E-state index contributed by atoms with van der Waals surface area (Å²) in [5.74, 6) is 0.506. The SMILES string of the molecule is NC[C@H]1CC[C@H](NC(=O)c2cccc(CNC(=O)Nc3ccc(N)cc3)c2)CC1. The quantitative estimate of drug-likeness (QED) is 0.483. The predicted molar refractivity (Wildman–Crippen MR) is 115 cm³/mol. The fraction of sp³-hybridized carbons (Fsp3) is 0.364. The van der Waals surface area contributed by atoms with Crippen molar-refractivity contribution in [1.82, 2.24) is 10.6 Å². The molecule has 7 heteroatoms. The number of nitrogens with one attached hydrogen (secondary N) is 3. The van der Waals surface area contributed by atoms with Gasteiger partial charge in [0.15, 0.2) is 0 Å². The summed E-state index contributed by atoms with van der Waals surface area (Å²) in [6.45, 7) is 1.05. The third-order valence-corrected chi connectivity index (χ3v) is 5.33. The molecule has 2 aromatic rings. The lowest BCUT2D eigenvalue weighted by molar-refractivity contribution is 0.0922. The Balaban J connectivity index is 1.49. The molecule has 1 saturated carbocycles. The Labute approximate surface area is 171 Å². The first-order chi connectivity index (χ1) is 14.0. The predicted octanol–water partition coefficient (Wildman–Crippen LogP) is 2.84. The molecular formula is C22H29N5O2. The van der Waals surface area contributed by atoms with Gasteiger partial charge in [0.1, 0.15) is 0 Å². The Hall–Kier alpha value is -3.06. The summed E-state index contributed by atoms with van der Waals surface area (Å²) >= 11 is 0. The Bertz CT molecular complexity index is 829. The standard InChI is InChI=1S/C22H29N5O2/c23-13-15-4-8-19(9-5-15)26-21(28)17-3-1-2-16(12-17)14-25-22(29)27-20-10-6-18(24)7-11-20/h1-3,6-7,10-12,15,19H,4-5,8-9,13-14,23-24H2,(H,26,28)(H2,25,27,29)/t15-,19-. The Kier molecular flexibility index (Phi) is 7.08. The van der Waals surface area contributed by atoms with Crippen LogP contribution >= 0.6 is 0 Å². The summed E-state index contributed by atoms with van der Waals surface area (Å²) in [7, 11) is 0. The molecule has 3 amide bonds. The molecule has 0 unspecified atom stereocenters. The Morgan fingerprint density at radius 1 is 1.00 bits per heavy atom. The van der Waals surface area contributed by atoms with Crippen LogP contribution in [0.15, 0.2) is 48.5 Å². The fourth-order valence-electron chi connectivity index (χ4n) is 3.56. The van der Waals surface area contributed by atoms with Gasteiger partial charge in [-0.2, -0.15) is 0 Å². The minimum absolute atomic E-state index is 0.0747. The molecule has 0 aliphatic heterocycles. The van der Waals surface area contributed by atoms with Gasteiger partial charge in [-0.15, -0.1) is 0 Å². The van der Waals surface area contributed by atoms with E-state index in [-0.39, 0.29) is 18.0 Å². The van der Waals surface area contributed by atoms with Crippen molar-refractivity contribution < 1.29 is 9.59 Å². The maximum absolute atomic E-state index is 12.6. The lowest BCUT2D eigenvalue weighted by Crippen LogP contribution is -2.38. The highest BCUT2D eigenvalue weighted by Gasteiger charge is 2.22. The summed E-state index contributed by atoms with van der Waals surface area (Å²) in [6, 6.07) is 14.1. The molecule has 154 valence electrons. The topological polar surface area (TPSA) is 122 Å². The van der Waals surface area contributed by atoms with E-state index in [4.69, 9.17) is 11.5 Å². The van der Waals surface area contributed by atoms with E-state index in [2.05, 4.69) is 16.0 Å². The Morgan fingerprint density at radius 3 is 2.41 bits per heavy atom. The lowest BCUT2D eigenvalue weighted by atomic mass is 9.86. The third kappa shape index (κ3) is 6.22. The van der Waals surface area contributed by atoms with E-state index in [1.54, 1.807) is 30.3 Å². The van der Waals surface area contributed by atoms with Crippen LogP contribution in [0.1, 0.15) is 41.6 Å². The molecule has 0 saturated heterocycles. The molecule has 0 radical (unpaired) electrons. The maximum atomic E-state index is 12.6. The second kappa shape index (κ2) is 9.93. The largest absolute Gasteiger partial charge is 0.399 e. The average Bonchev–Trinajstić information content (AvgIpc) is 2.74. The molecule has 29 heavy (non-hydrogen) atoms. The first kappa shape index (κ1) is 20.7. The third-order valence-electron chi connectivity index (χ3n) is 5.33. The normalized spacial score (nSPS) is 18.7. The van der Waals surface area contributed by atoms with Crippen LogP contribution in [-0.4, -0.2) is 24.5 Å². The smallest absolute Gasteiger partial charge is 0.319 e. The van der Waals surface area contributed by atoms with Crippen molar-refractivity contribution in [3.8, 4) is 0 Å². The van der Waals surface area contributed by atoms with Crippen LogP contribution in [0.4, 0.5) is 16.2 Å². The van der Waals surface area contributed by atoms with Crippen molar-refractivity contribution in [2.75, 3.05) is 17.6 Å². The van der Waals surface area contributed by atoms with E-state index >= 15 is 0 Å². The number of amides is 3. The van der Waals surface area contributed by atoms with E-state index in [0.717, 1.165) is 37.8 Å². The van der Waals surface area contributed by atoms with Gasteiger partial charge < -0.3 is 27.4 Å². The number of carbonyl (C=O) groups excluding carboxylic acids is 2. The van der Waals surface area contributed by atoms with Crippen molar-refractivity contribution in [3.63, 3.8) is 0 Å². The number of benzene rings is 2. The van der Waals surface area contributed by atoms with E-state index in [9.17, 15) is 9.59 Å². The van der Waals surface area contributed by atoms with Crippen molar-refractivity contribution in [3.05, 3.63) is 59.7 Å². The molecule has 0 spiro atoms. The van der Waals surface area contributed by atoms with Crippen molar-refractivity contribution in [1.29, 1.82) is 0 Å². The highest BCUT2D eigenvalue weighted by molar-refractivity contribution is 5.94. The number of rotatable bonds is 6. The van der Waals surface area contributed by atoms with Crippen LogP contribution in [0, 0.1) is 5.92 Å². The second-order valence-corrected chi connectivity index (χ2v) is 7.56. The molecule has 0 aromatic heterocycles. The summed E-state index contributed by atoms with van der Waals surface area (Å²) in [6.07, 6.45) is 4.07. The van der Waals surface area contributed by atoms with E-state index in [1.165, 1.54) is 0 Å². The van der Waals surface area contributed by atoms with Crippen LogP contribution in [0.2, 0.25) is 0 Å². The number of nitrogen functional groups attached to an aromatic ring is 1. The summed E-state index contributed by atoms with van der Waals surface area (Å²) in [5.41, 5.74) is 14.1. The summed E-state index contributed by atoms with van der Waals surface area (Å²) in [4.78, 5) is 24.6. The number of urea groups is 1. The average molecular weight is 396 g/mol. The number of hydrogen-bond acceptors (Lipinski definition) is 4. The van der Waals surface area contributed by atoms with Gasteiger partial charge in [0, 0.05) is 29.5 Å². The first-order valence-electron chi connectivity index (χ1n) is 10.0. The van der Waals surface area contributed by atoms with Gasteiger partial charge in [0.2, 0.25) is 0 Å². The minimum Gasteiger partial charge on any atom is -0.399 e. The lowest BCUT2D eigenvalue weighted by Gasteiger charge is -2.28. The first-order valence-corrected chi connectivity index (χ1v) is 10.0. The molecule has 1 fully saturated rings. The van der Waals surface area contributed by atoms with Crippen LogP contribution in [0.25, 0.3) is 0 Å². The van der Waals surface area contributed by atoms with Gasteiger partial charge >= 0.3 is 6.03 Å². The van der Waals surface area contributed by atoms with Crippen LogP contribution in [0.3, 0.4) is 0 Å². The number of carbonyl (C=O) groups is 2. The zero-order chi connectivity index (χ0) is 20.6. The molecule has 3 rings (SSSR count). The van der Waals surface area contributed by atoms with Crippen molar-refractivity contribution >= 4 is 23.3 Å². The number of hydrogen-bond donors (Lipinski definition) is 5. The van der Waals surface area contributed by atoms with E-state index < -0.39 is 0 Å². The maximum Gasteiger partial charge on any atom is 0.319 e. The van der Waals surface area contributed by atoms with Crippen LogP contribution in [0.5, 0.6) is 0 Å². The van der Waals surface area contributed by atoms with Gasteiger partial charge in [-0.3, -0.25) is 4.79 Å². The van der Waals surface area contributed by atoms with Gasteiger partial charge in [0.05, 0.1) is 0 Å². The molecule has 2 aromatic carbocycles. The zero-order valence-electron chi connectivity index (χ0n) is 16.5. The number of nitrogens with two attached hydrogens (primary N) is 2. The van der Waals surface area contributed by atoms with E-state index in [0.29, 0.717) is 29.4 Å². The molecule has 1 aliphatic rings. The summed E-state index contributed by atoms with van der Waals surface area (Å²) < 4.78 is 0. The highest BCUT2D eigenvalue weighted by atomic mass is 16.2. The molecule has 0 bridgehead atoms. The van der Waals surface area contributed by atoms with E-state index in [1.807, 2.05) is 18.2 Å².